The molecule has 1 atom stereocenters. The zero-order valence-electron chi connectivity index (χ0n) is 11.6. The van der Waals surface area contributed by atoms with E-state index < -0.39 is 9.84 Å². The Morgan fingerprint density at radius 1 is 1.06 bits per heavy atom. The van der Waals surface area contributed by atoms with Crippen LogP contribution >= 0.6 is 0 Å². The lowest BCUT2D eigenvalue weighted by Gasteiger charge is -2.30. The van der Waals surface area contributed by atoms with Crippen molar-refractivity contribution < 1.29 is 8.42 Å². The average molecular weight is 273 g/mol. The van der Waals surface area contributed by atoms with Crippen LogP contribution in [-0.2, 0) is 9.84 Å². The molecule has 1 aliphatic carbocycles. The second-order valence-electron chi connectivity index (χ2n) is 6.00. The molecule has 1 heterocycles. The Morgan fingerprint density at radius 3 is 2.22 bits per heavy atom. The van der Waals surface area contributed by atoms with E-state index in [-0.39, 0.29) is 0 Å². The first-order chi connectivity index (χ1) is 8.61. The minimum atomic E-state index is -2.74. The fraction of sp³-hybridized carbons (Fsp3) is 1.00. The maximum atomic E-state index is 11.6. The SMILES string of the molecule is CCN(CC1CCCCCC1)C1CCS(=O)(=O)C1. The van der Waals surface area contributed by atoms with Gasteiger partial charge in [-0.1, -0.05) is 32.6 Å². The van der Waals surface area contributed by atoms with Crippen molar-refractivity contribution in [3.63, 3.8) is 0 Å². The third-order valence-corrected chi connectivity index (χ3v) is 6.35. The van der Waals surface area contributed by atoms with Crippen LogP contribution < -0.4 is 0 Å². The van der Waals surface area contributed by atoms with Crippen LogP contribution in [0.3, 0.4) is 0 Å². The van der Waals surface area contributed by atoms with Crippen molar-refractivity contribution in [2.45, 2.75) is 57.9 Å². The molecule has 1 aliphatic heterocycles. The van der Waals surface area contributed by atoms with E-state index >= 15 is 0 Å². The summed E-state index contributed by atoms with van der Waals surface area (Å²) in [6.45, 7) is 4.29. The molecule has 1 saturated carbocycles. The van der Waals surface area contributed by atoms with Gasteiger partial charge in [-0.3, -0.25) is 4.90 Å². The maximum Gasteiger partial charge on any atom is 0.151 e. The smallest absolute Gasteiger partial charge is 0.151 e. The molecule has 0 amide bonds. The van der Waals surface area contributed by atoms with Gasteiger partial charge in [0, 0.05) is 12.6 Å². The largest absolute Gasteiger partial charge is 0.299 e. The Morgan fingerprint density at radius 2 is 1.72 bits per heavy atom. The van der Waals surface area contributed by atoms with Gasteiger partial charge in [0.15, 0.2) is 9.84 Å². The highest BCUT2D eigenvalue weighted by Gasteiger charge is 2.32. The summed E-state index contributed by atoms with van der Waals surface area (Å²) in [5.41, 5.74) is 0. The minimum Gasteiger partial charge on any atom is -0.299 e. The molecule has 3 nitrogen and oxygen atoms in total. The first kappa shape index (κ1) is 14.3. The molecule has 1 saturated heterocycles. The second-order valence-corrected chi connectivity index (χ2v) is 8.23. The van der Waals surface area contributed by atoms with E-state index in [9.17, 15) is 8.42 Å². The van der Waals surface area contributed by atoms with Gasteiger partial charge in [0.25, 0.3) is 0 Å². The molecular formula is C14H27NO2S. The van der Waals surface area contributed by atoms with E-state index in [1.807, 2.05) is 0 Å². The molecule has 0 radical (unpaired) electrons. The lowest BCUT2D eigenvalue weighted by Crippen LogP contribution is -2.39. The predicted molar refractivity (Wildman–Crippen MR) is 75.5 cm³/mol. The van der Waals surface area contributed by atoms with Gasteiger partial charge in [-0.05, 0) is 31.7 Å². The van der Waals surface area contributed by atoms with Gasteiger partial charge in [-0.2, -0.15) is 0 Å². The van der Waals surface area contributed by atoms with Crippen molar-refractivity contribution >= 4 is 9.84 Å². The van der Waals surface area contributed by atoms with Gasteiger partial charge in [-0.15, -0.1) is 0 Å². The average Bonchev–Trinajstić information content (AvgIpc) is 2.55. The first-order valence-corrected chi connectivity index (χ1v) is 9.37. The summed E-state index contributed by atoms with van der Waals surface area (Å²) >= 11 is 0. The van der Waals surface area contributed by atoms with E-state index in [0.29, 0.717) is 17.5 Å². The Hall–Kier alpha value is -0.0900. The quantitative estimate of drug-likeness (QED) is 0.738. The highest BCUT2D eigenvalue weighted by molar-refractivity contribution is 7.91. The van der Waals surface area contributed by atoms with E-state index in [2.05, 4.69) is 11.8 Å². The lowest BCUT2D eigenvalue weighted by molar-refractivity contribution is 0.180. The standard InChI is InChI=1S/C14H27NO2S/c1-2-15(14-9-10-18(16,17)12-14)11-13-7-5-3-4-6-8-13/h13-14H,2-12H2,1H3. The number of rotatable bonds is 4. The van der Waals surface area contributed by atoms with E-state index in [1.54, 1.807) is 0 Å². The molecule has 106 valence electrons. The van der Waals surface area contributed by atoms with Crippen LogP contribution in [0.1, 0.15) is 51.9 Å². The van der Waals surface area contributed by atoms with Gasteiger partial charge in [-0.25, -0.2) is 8.42 Å². The number of nitrogens with zero attached hydrogens (tertiary/aromatic N) is 1. The van der Waals surface area contributed by atoms with Crippen molar-refractivity contribution in [1.82, 2.24) is 4.90 Å². The van der Waals surface area contributed by atoms with Crippen LogP contribution in [-0.4, -0.2) is 44.0 Å². The third kappa shape index (κ3) is 3.95. The number of hydrogen-bond acceptors (Lipinski definition) is 3. The molecule has 18 heavy (non-hydrogen) atoms. The third-order valence-electron chi connectivity index (χ3n) is 4.60. The Labute approximate surface area is 112 Å². The highest BCUT2D eigenvalue weighted by Crippen LogP contribution is 2.26. The van der Waals surface area contributed by atoms with Crippen LogP contribution in [0.25, 0.3) is 0 Å². The molecule has 2 aliphatic rings. The Balaban J connectivity index is 1.88. The highest BCUT2D eigenvalue weighted by atomic mass is 32.2. The van der Waals surface area contributed by atoms with Gasteiger partial charge in [0.1, 0.15) is 0 Å². The summed E-state index contributed by atoms with van der Waals surface area (Å²) in [7, 11) is -2.74. The molecule has 0 aromatic carbocycles. The van der Waals surface area contributed by atoms with Crippen LogP contribution in [0.4, 0.5) is 0 Å². The molecule has 0 bridgehead atoms. The van der Waals surface area contributed by atoms with E-state index in [1.165, 1.54) is 38.5 Å². The molecular weight excluding hydrogens is 246 g/mol. The fourth-order valence-corrected chi connectivity index (χ4v) is 5.24. The minimum absolute atomic E-state index is 0.295. The van der Waals surface area contributed by atoms with E-state index in [0.717, 1.165) is 25.4 Å². The molecule has 0 N–H and O–H groups in total. The first-order valence-electron chi connectivity index (χ1n) is 7.55. The van der Waals surface area contributed by atoms with Crippen LogP contribution in [0.2, 0.25) is 0 Å². The molecule has 2 rings (SSSR count). The van der Waals surface area contributed by atoms with Crippen molar-refractivity contribution in [2.75, 3.05) is 24.6 Å². The summed E-state index contributed by atoms with van der Waals surface area (Å²) in [5, 5.41) is 0. The van der Waals surface area contributed by atoms with Crippen molar-refractivity contribution in [3.05, 3.63) is 0 Å². The molecule has 0 spiro atoms. The second kappa shape index (κ2) is 6.38. The summed E-state index contributed by atoms with van der Waals surface area (Å²) in [4.78, 5) is 2.43. The van der Waals surface area contributed by atoms with Gasteiger partial charge in [0.2, 0.25) is 0 Å². The molecule has 2 fully saturated rings. The van der Waals surface area contributed by atoms with Crippen molar-refractivity contribution in [1.29, 1.82) is 0 Å². The fourth-order valence-electron chi connectivity index (χ4n) is 3.48. The molecule has 1 unspecified atom stereocenters. The van der Waals surface area contributed by atoms with Gasteiger partial charge < -0.3 is 0 Å². The van der Waals surface area contributed by atoms with Crippen molar-refractivity contribution in [2.24, 2.45) is 5.92 Å². The van der Waals surface area contributed by atoms with E-state index in [4.69, 9.17) is 0 Å². The summed E-state index contributed by atoms with van der Waals surface area (Å²) in [5.74, 6) is 1.60. The zero-order valence-corrected chi connectivity index (χ0v) is 12.4. The van der Waals surface area contributed by atoms with Gasteiger partial charge in [0.05, 0.1) is 11.5 Å². The number of sulfone groups is 1. The Kier molecular flexibility index (Phi) is 5.07. The normalized spacial score (nSPS) is 29.6. The number of hydrogen-bond donors (Lipinski definition) is 0. The predicted octanol–water partition coefficient (Wildman–Crippen LogP) is 2.47. The Bertz CT molecular complexity index is 345. The topological polar surface area (TPSA) is 37.4 Å². The van der Waals surface area contributed by atoms with Gasteiger partial charge >= 0.3 is 0 Å². The molecule has 0 aromatic rings. The van der Waals surface area contributed by atoms with Crippen LogP contribution in [0.5, 0.6) is 0 Å². The van der Waals surface area contributed by atoms with Crippen LogP contribution in [0, 0.1) is 5.92 Å². The van der Waals surface area contributed by atoms with Crippen molar-refractivity contribution in [3.8, 4) is 0 Å². The lowest BCUT2D eigenvalue weighted by atomic mass is 9.99. The van der Waals surface area contributed by atoms with Crippen LogP contribution in [0.15, 0.2) is 0 Å². The summed E-state index contributed by atoms with van der Waals surface area (Å²) in [6.07, 6.45) is 9.05. The molecule has 0 aromatic heterocycles. The summed E-state index contributed by atoms with van der Waals surface area (Å²) < 4.78 is 23.2. The monoisotopic (exact) mass is 273 g/mol. The molecule has 4 heteroatoms. The summed E-state index contributed by atoms with van der Waals surface area (Å²) in [6, 6.07) is 0.295. The maximum absolute atomic E-state index is 11.6. The zero-order chi connectivity index (χ0) is 13.0.